The highest BCUT2D eigenvalue weighted by Crippen LogP contribution is 2.23. The largest absolute Gasteiger partial charge is 0.332 e. The van der Waals surface area contributed by atoms with Gasteiger partial charge in [-0.1, -0.05) is 0 Å². The molecule has 2 aromatic rings. The zero-order valence-electron chi connectivity index (χ0n) is 6.27. The lowest BCUT2D eigenvalue weighted by Crippen LogP contribution is -1.93. The van der Waals surface area contributed by atoms with Crippen molar-refractivity contribution in [3.05, 3.63) is 39.5 Å². The van der Waals surface area contributed by atoms with Crippen LogP contribution >= 0.6 is 27.3 Å². The molecule has 0 N–H and O–H groups in total. The minimum atomic E-state index is 0.901. The van der Waals surface area contributed by atoms with Crippen molar-refractivity contribution >= 4 is 27.3 Å². The van der Waals surface area contributed by atoms with E-state index in [1.807, 2.05) is 12.5 Å². The van der Waals surface area contributed by atoms with Crippen LogP contribution in [-0.4, -0.2) is 9.55 Å². The summed E-state index contributed by atoms with van der Waals surface area (Å²) in [4.78, 5) is 5.31. The molecule has 0 aliphatic heterocycles. The summed E-state index contributed by atoms with van der Waals surface area (Å²) in [6.45, 7) is 0.901. The predicted molar refractivity (Wildman–Crippen MR) is 53.3 cm³/mol. The van der Waals surface area contributed by atoms with Crippen molar-refractivity contribution in [1.29, 1.82) is 0 Å². The van der Waals surface area contributed by atoms with Crippen LogP contribution in [0, 0.1) is 0 Å². The van der Waals surface area contributed by atoms with E-state index in [-0.39, 0.29) is 0 Å². The van der Waals surface area contributed by atoms with Crippen molar-refractivity contribution in [1.82, 2.24) is 9.55 Å². The van der Waals surface area contributed by atoms with E-state index < -0.39 is 0 Å². The first-order valence-corrected chi connectivity index (χ1v) is 5.21. The van der Waals surface area contributed by atoms with Crippen molar-refractivity contribution < 1.29 is 0 Å². The van der Waals surface area contributed by atoms with Crippen molar-refractivity contribution in [3.63, 3.8) is 0 Å². The highest BCUT2D eigenvalue weighted by atomic mass is 79.9. The Hall–Kier alpha value is -0.610. The average Bonchev–Trinajstić information content (AvgIpc) is 2.65. The highest BCUT2D eigenvalue weighted by molar-refractivity contribution is 9.10. The molecule has 2 aromatic heterocycles. The van der Waals surface area contributed by atoms with Crippen molar-refractivity contribution in [2.24, 2.45) is 0 Å². The van der Waals surface area contributed by atoms with Crippen LogP contribution in [0.5, 0.6) is 0 Å². The maximum atomic E-state index is 3.98. The topological polar surface area (TPSA) is 17.8 Å². The number of rotatable bonds is 2. The molecule has 62 valence electrons. The zero-order valence-corrected chi connectivity index (χ0v) is 8.68. The fourth-order valence-corrected chi connectivity index (χ4v) is 2.47. The van der Waals surface area contributed by atoms with E-state index in [0.29, 0.717) is 0 Å². The molecule has 2 rings (SSSR count). The van der Waals surface area contributed by atoms with E-state index in [1.54, 1.807) is 17.5 Å². The van der Waals surface area contributed by atoms with Crippen LogP contribution in [0.1, 0.15) is 4.88 Å². The highest BCUT2D eigenvalue weighted by Gasteiger charge is 2.00. The normalized spacial score (nSPS) is 10.4. The Labute approximate surface area is 83.0 Å². The van der Waals surface area contributed by atoms with Gasteiger partial charge in [0.1, 0.15) is 0 Å². The molecule has 0 saturated heterocycles. The van der Waals surface area contributed by atoms with Crippen molar-refractivity contribution in [2.45, 2.75) is 6.54 Å². The van der Waals surface area contributed by atoms with E-state index in [2.05, 4.69) is 36.9 Å². The smallest absolute Gasteiger partial charge is 0.0949 e. The molecule has 0 aromatic carbocycles. The maximum Gasteiger partial charge on any atom is 0.0949 e. The monoisotopic (exact) mass is 242 g/mol. The number of aromatic nitrogens is 2. The Balaban J connectivity index is 2.20. The number of hydrogen-bond acceptors (Lipinski definition) is 2. The van der Waals surface area contributed by atoms with Crippen LogP contribution < -0.4 is 0 Å². The quantitative estimate of drug-likeness (QED) is 0.792. The van der Waals surface area contributed by atoms with Gasteiger partial charge in [0.05, 0.1) is 12.9 Å². The van der Waals surface area contributed by atoms with Gasteiger partial charge in [0.25, 0.3) is 0 Å². The molecule has 0 atom stereocenters. The predicted octanol–water partition coefficient (Wildman–Crippen LogP) is 2.76. The summed E-state index contributed by atoms with van der Waals surface area (Å²) in [6.07, 6.45) is 5.58. The second-order valence-electron chi connectivity index (χ2n) is 2.43. The molecule has 2 nitrogen and oxygen atoms in total. The molecular formula is C8H7BrN2S. The fourth-order valence-electron chi connectivity index (χ4n) is 0.984. The van der Waals surface area contributed by atoms with E-state index in [0.717, 1.165) is 6.54 Å². The second kappa shape index (κ2) is 3.41. The number of thiophene rings is 1. The van der Waals surface area contributed by atoms with Crippen LogP contribution in [0.3, 0.4) is 0 Å². The Bertz CT molecular complexity index is 353. The molecule has 0 bridgehead atoms. The molecule has 0 fully saturated rings. The molecule has 0 unspecified atom stereocenters. The molecule has 0 saturated carbocycles. The average molecular weight is 243 g/mol. The third-order valence-corrected chi connectivity index (χ3v) is 3.49. The first kappa shape index (κ1) is 8.01. The Morgan fingerprint density at radius 1 is 1.58 bits per heavy atom. The molecule has 0 amide bonds. The second-order valence-corrected chi connectivity index (χ2v) is 4.28. The molecule has 2 heterocycles. The van der Waals surface area contributed by atoms with Crippen LogP contribution in [0.15, 0.2) is 34.6 Å². The summed E-state index contributed by atoms with van der Waals surface area (Å²) < 4.78 is 3.23. The Morgan fingerprint density at radius 2 is 2.50 bits per heavy atom. The minimum Gasteiger partial charge on any atom is -0.332 e. The van der Waals surface area contributed by atoms with Gasteiger partial charge in [-0.3, -0.25) is 0 Å². The molecule has 0 spiro atoms. The van der Waals surface area contributed by atoms with E-state index in [9.17, 15) is 0 Å². The summed E-state index contributed by atoms with van der Waals surface area (Å²) in [5.74, 6) is 0. The van der Waals surface area contributed by atoms with Gasteiger partial charge in [-0.2, -0.15) is 0 Å². The molecule has 0 aliphatic carbocycles. The summed E-state index contributed by atoms with van der Waals surface area (Å²) in [6, 6.07) is 2.07. The first-order valence-electron chi connectivity index (χ1n) is 3.54. The van der Waals surface area contributed by atoms with Gasteiger partial charge < -0.3 is 4.57 Å². The van der Waals surface area contributed by atoms with Gasteiger partial charge in [0.2, 0.25) is 0 Å². The number of imidazole rings is 1. The minimum absolute atomic E-state index is 0.901. The third-order valence-electron chi connectivity index (χ3n) is 1.58. The fraction of sp³-hybridized carbons (Fsp3) is 0.125. The number of halogens is 1. The van der Waals surface area contributed by atoms with Gasteiger partial charge in [0.15, 0.2) is 0 Å². The lowest BCUT2D eigenvalue weighted by molar-refractivity contribution is 0.807. The molecule has 12 heavy (non-hydrogen) atoms. The van der Waals surface area contributed by atoms with E-state index in [4.69, 9.17) is 0 Å². The Kier molecular flexibility index (Phi) is 2.28. The van der Waals surface area contributed by atoms with Crippen LogP contribution in [-0.2, 0) is 6.54 Å². The number of nitrogens with zero attached hydrogens (tertiary/aromatic N) is 2. The maximum absolute atomic E-state index is 3.98. The molecule has 4 heteroatoms. The lowest BCUT2D eigenvalue weighted by Gasteiger charge is -1.98. The molecule has 0 aliphatic rings. The van der Waals surface area contributed by atoms with Crippen LogP contribution in [0.25, 0.3) is 0 Å². The van der Waals surface area contributed by atoms with Crippen LogP contribution in [0.4, 0.5) is 0 Å². The summed E-state index contributed by atoms with van der Waals surface area (Å²) >= 11 is 5.24. The summed E-state index contributed by atoms with van der Waals surface area (Å²) in [5.41, 5.74) is 0. The van der Waals surface area contributed by atoms with E-state index >= 15 is 0 Å². The lowest BCUT2D eigenvalue weighted by atomic mass is 10.4. The van der Waals surface area contributed by atoms with Gasteiger partial charge in [-0.25, -0.2) is 4.98 Å². The van der Waals surface area contributed by atoms with E-state index in [1.165, 1.54) is 9.35 Å². The molecular weight excluding hydrogens is 236 g/mol. The van der Waals surface area contributed by atoms with Gasteiger partial charge >= 0.3 is 0 Å². The third kappa shape index (κ3) is 1.59. The first-order chi connectivity index (χ1) is 5.86. The van der Waals surface area contributed by atoms with Gasteiger partial charge in [-0.15, -0.1) is 11.3 Å². The Morgan fingerprint density at radius 3 is 3.08 bits per heavy atom. The SMILES string of the molecule is Brc1ccsc1Cn1ccnc1. The standard InChI is InChI=1S/C8H7BrN2S/c9-7-1-4-12-8(7)5-11-3-2-10-6-11/h1-4,6H,5H2. The summed E-state index contributed by atoms with van der Waals surface area (Å²) in [7, 11) is 0. The number of hydrogen-bond donors (Lipinski definition) is 0. The van der Waals surface area contributed by atoms with Gasteiger partial charge in [0, 0.05) is 21.7 Å². The van der Waals surface area contributed by atoms with Gasteiger partial charge in [-0.05, 0) is 27.4 Å². The summed E-state index contributed by atoms with van der Waals surface area (Å²) in [5, 5.41) is 2.08. The van der Waals surface area contributed by atoms with Crippen LogP contribution in [0.2, 0.25) is 0 Å². The van der Waals surface area contributed by atoms with Crippen molar-refractivity contribution in [3.8, 4) is 0 Å². The molecule has 0 radical (unpaired) electrons. The van der Waals surface area contributed by atoms with Crippen molar-refractivity contribution in [2.75, 3.05) is 0 Å². The zero-order chi connectivity index (χ0) is 8.39.